The predicted molar refractivity (Wildman–Crippen MR) is 145 cm³/mol. The van der Waals surface area contributed by atoms with Gasteiger partial charge in [-0.3, -0.25) is 9.59 Å². The van der Waals surface area contributed by atoms with Gasteiger partial charge in [0.05, 0.1) is 18.8 Å². The molecule has 0 unspecified atom stereocenters. The molecule has 0 spiro atoms. The third kappa shape index (κ3) is 3.49. The number of hydrogen-bond donors (Lipinski definition) is 1. The van der Waals surface area contributed by atoms with E-state index in [4.69, 9.17) is 13.9 Å². The SMILES string of the molecule is CC1(C)O[C@@H]2C[C@H]3[C@@H]4CCC5=CC(=O)C=C[C@]5(C)[C@@]4(F)[C@@H](O)C[C@]3(C)[C@]2(C(=O)CO[Si](C)(C)C(C)(C)C)O1. The van der Waals surface area contributed by atoms with Crippen molar-refractivity contribution < 1.29 is 33.0 Å². The van der Waals surface area contributed by atoms with Crippen LogP contribution in [-0.4, -0.2) is 60.9 Å². The van der Waals surface area contributed by atoms with Crippen molar-refractivity contribution in [3.8, 4) is 0 Å². The van der Waals surface area contributed by atoms with Gasteiger partial charge >= 0.3 is 0 Å². The molecule has 0 aromatic rings. The van der Waals surface area contributed by atoms with Gasteiger partial charge < -0.3 is 19.0 Å². The molecule has 1 aliphatic heterocycles. The molecule has 0 bridgehead atoms. The fourth-order valence-corrected chi connectivity index (χ4v) is 9.30. The minimum atomic E-state index is -2.23. The molecule has 1 N–H and O–H groups in total. The number of fused-ring (bicyclic) bond motifs is 7. The molecule has 5 aliphatic rings. The van der Waals surface area contributed by atoms with Gasteiger partial charge in [0.2, 0.25) is 0 Å². The molecule has 0 radical (unpaired) electrons. The third-order valence-electron chi connectivity index (χ3n) is 11.4. The largest absolute Gasteiger partial charge is 0.409 e. The summed E-state index contributed by atoms with van der Waals surface area (Å²) in [6, 6.07) is 0. The Balaban J connectivity index is 1.55. The molecule has 38 heavy (non-hydrogen) atoms. The molecule has 1 heterocycles. The van der Waals surface area contributed by atoms with E-state index in [1.54, 1.807) is 19.1 Å². The van der Waals surface area contributed by atoms with E-state index in [1.165, 1.54) is 6.08 Å². The van der Waals surface area contributed by atoms with Gasteiger partial charge in [0, 0.05) is 16.7 Å². The lowest BCUT2D eigenvalue weighted by atomic mass is 9.44. The Bertz CT molecular complexity index is 1120. The maximum atomic E-state index is 17.5. The topological polar surface area (TPSA) is 82.1 Å². The number of hydrogen-bond acceptors (Lipinski definition) is 6. The van der Waals surface area contributed by atoms with Gasteiger partial charge in [-0.2, -0.15) is 0 Å². The highest BCUT2D eigenvalue weighted by atomic mass is 28.4. The second-order valence-corrected chi connectivity index (χ2v) is 19.6. The van der Waals surface area contributed by atoms with Crippen molar-refractivity contribution >= 4 is 19.9 Å². The van der Waals surface area contributed by atoms with Gasteiger partial charge in [0.25, 0.3) is 0 Å². The van der Waals surface area contributed by atoms with Crippen molar-refractivity contribution in [1.29, 1.82) is 0 Å². The minimum absolute atomic E-state index is 0.0642. The number of allylic oxidation sites excluding steroid dienone is 4. The van der Waals surface area contributed by atoms with Gasteiger partial charge in [0.15, 0.2) is 36.9 Å². The van der Waals surface area contributed by atoms with E-state index in [2.05, 4.69) is 33.9 Å². The summed E-state index contributed by atoms with van der Waals surface area (Å²) in [4.78, 5) is 26.4. The summed E-state index contributed by atoms with van der Waals surface area (Å²) in [5, 5.41) is 11.6. The lowest BCUT2D eigenvalue weighted by Gasteiger charge is -2.62. The molecule has 0 aromatic carbocycles. The summed E-state index contributed by atoms with van der Waals surface area (Å²) in [6.07, 6.45) is 4.36. The molecule has 4 fully saturated rings. The zero-order chi connectivity index (χ0) is 28.3. The number of alkyl halides is 1. The molecular weight excluding hydrogens is 503 g/mol. The molecule has 5 rings (SSSR count). The Kier molecular flexibility index (Phi) is 6.10. The summed E-state index contributed by atoms with van der Waals surface area (Å²) in [5.41, 5.74) is -4.47. The second-order valence-electron chi connectivity index (χ2n) is 14.8. The van der Waals surface area contributed by atoms with E-state index in [1.807, 2.05) is 20.8 Å². The highest BCUT2D eigenvalue weighted by Gasteiger charge is 2.80. The number of carbonyl (C=O) groups is 2. The Labute approximate surface area is 227 Å². The lowest BCUT2D eigenvalue weighted by Crippen LogP contribution is -2.70. The third-order valence-corrected chi connectivity index (χ3v) is 15.9. The number of halogens is 1. The number of aliphatic hydroxyl groups is 1. The zero-order valence-electron chi connectivity index (χ0n) is 24.4. The Morgan fingerprint density at radius 3 is 2.50 bits per heavy atom. The van der Waals surface area contributed by atoms with Crippen LogP contribution in [0.1, 0.15) is 74.1 Å². The van der Waals surface area contributed by atoms with E-state index in [0.29, 0.717) is 19.3 Å². The van der Waals surface area contributed by atoms with Crippen LogP contribution in [0.5, 0.6) is 0 Å². The van der Waals surface area contributed by atoms with Gasteiger partial charge in [0.1, 0.15) is 0 Å². The highest BCUT2D eigenvalue weighted by Crippen LogP contribution is 2.72. The van der Waals surface area contributed by atoms with Crippen molar-refractivity contribution in [2.75, 3.05) is 6.61 Å². The van der Waals surface area contributed by atoms with Crippen molar-refractivity contribution in [3.05, 3.63) is 23.8 Å². The van der Waals surface area contributed by atoms with Gasteiger partial charge in [-0.1, -0.05) is 39.3 Å². The quantitative estimate of drug-likeness (QED) is 0.471. The Morgan fingerprint density at radius 1 is 1.21 bits per heavy atom. The first-order valence-corrected chi connectivity index (χ1v) is 17.0. The molecule has 8 atom stereocenters. The average Bonchev–Trinajstić information content (AvgIpc) is 3.19. The van der Waals surface area contributed by atoms with E-state index in [-0.39, 0.29) is 35.6 Å². The van der Waals surface area contributed by atoms with Crippen LogP contribution in [-0.2, 0) is 23.5 Å². The van der Waals surface area contributed by atoms with Crippen LogP contribution in [0.25, 0.3) is 0 Å². The number of aliphatic hydroxyl groups excluding tert-OH is 1. The smallest absolute Gasteiger partial charge is 0.192 e. The molecule has 3 saturated carbocycles. The van der Waals surface area contributed by atoms with Gasteiger partial charge in [-0.15, -0.1) is 0 Å². The first-order chi connectivity index (χ1) is 17.3. The summed E-state index contributed by atoms with van der Waals surface area (Å²) in [7, 11) is -2.23. The van der Waals surface area contributed by atoms with E-state index < -0.39 is 54.3 Å². The van der Waals surface area contributed by atoms with Gasteiger partial charge in [-0.25, -0.2) is 4.39 Å². The molecule has 0 aromatic heterocycles. The molecule has 4 aliphatic carbocycles. The fraction of sp³-hybridized carbons (Fsp3) is 0.800. The molecule has 8 heteroatoms. The summed E-state index contributed by atoms with van der Waals surface area (Å²) < 4.78 is 36.9. The van der Waals surface area contributed by atoms with Crippen molar-refractivity contribution in [2.24, 2.45) is 22.7 Å². The molecular formula is C30H45FO6Si. The standard InChI is InChI=1S/C30H45FO6Si/c1-25(2,3)38(8,9)35-17-23(34)30-24(36-26(4,5)37-30)15-21-20-11-10-18-14-19(32)12-13-27(18,6)29(20,31)22(33)16-28(21,30)7/h12-14,20-22,24,33H,10-11,15-17H2,1-9H3/t20-,21-,22-,24+,27-,28-,29-,30+/m0/s1. The molecule has 0 amide bonds. The van der Waals surface area contributed by atoms with Crippen LogP contribution >= 0.6 is 0 Å². The second kappa shape index (κ2) is 8.18. The Hall–Kier alpha value is -1.19. The first kappa shape index (κ1) is 28.3. The van der Waals surface area contributed by atoms with Crippen LogP contribution in [0.2, 0.25) is 18.1 Å². The number of ether oxygens (including phenoxy) is 2. The van der Waals surface area contributed by atoms with Crippen LogP contribution in [0.15, 0.2) is 23.8 Å². The maximum absolute atomic E-state index is 17.5. The van der Waals surface area contributed by atoms with E-state index in [0.717, 1.165) is 5.57 Å². The van der Waals surface area contributed by atoms with Crippen molar-refractivity contribution in [1.82, 2.24) is 0 Å². The summed E-state index contributed by atoms with van der Waals surface area (Å²) in [5.74, 6) is -2.05. The molecule has 6 nitrogen and oxygen atoms in total. The molecule has 212 valence electrons. The number of Topliss-reactive ketones (excluding diaryl/α,β-unsaturated/α-hetero) is 1. The maximum Gasteiger partial charge on any atom is 0.192 e. The minimum Gasteiger partial charge on any atom is -0.409 e. The van der Waals surface area contributed by atoms with Crippen LogP contribution in [0.4, 0.5) is 4.39 Å². The number of ketones is 2. The monoisotopic (exact) mass is 548 g/mol. The van der Waals surface area contributed by atoms with Crippen molar-refractivity contribution in [2.45, 2.75) is 122 Å². The van der Waals surface area contributed by atoms with E-state index >= 15 is 4.39 Å². The fourth-order valence-electron chi connectivity index (χ4n) is 8.38. The van der Waals surface area contributed by atoms with E-state index in [9.17, 15) is 14.7 Å². The average molecular weight is 549 g/mol. The lowest BCUT2D eigenvalue weighted by molar-refractivity contribution is -0.246. The first-order valence-electron chi connectivity index (χ1n) is 14.1. The Morgan fingerprint density at radius 2 is 1.87 bits per heavy atom. The summed E-state index contributed by atoms with van der Waals surface area (Å²) >= 11 is 0. The number of rotatable bonds is 4. The van der Waals surface area contributed by atoms with Gasteiger partial charge in [-0.05, 0) is 82.7 Å². The van der Waals surface area contributed by atoms with Crippen LogP contribution in [0, 0.1) is 22.7 Å². The molecule has 1 saturated heterocycles. The van der Waals surface area contributed by atoms with Crippen LogP contribution in [0.3, 0.4) is 0 Å². The predicted octanol–water partition coefficient (Wildman–Crippen LogP) is 5.45. The van der Waals surface area contributed by atoms with Crippen LogP contribution < -0.4 is 0 Å². The number of carbonyl (C=O) groups excluding carboxylic acids is 2. The zero-order valence-corrected chi connectivity index (χ0v) is 25.4. The van der Waals surface area contributed by atoms with Crippen molar-refractivity contribution in [3.63, 3.8) is 0 Å². The normalized spacial score (nSPS) is 45.7. The summed E-state index contributed by atoms with van der Waals surface area (Å²) in [6.45, 7) is 18.0. The highest BCUT2D eigenvalue weighted by molar-refractivity contribution is 6.74.